The fourth-order valence-corrected chi connectivity index (χ4v) is 3.09. The van der Waals surface area contributed by atoms with E-state index in [0.29, 0.717) is 8.59 Å². The number of hydrogen-bond acceptors (Lipinski definition) is 2. The number of rotatable bonds is 1. The third kappa shape index (κ3) is 2.32. The summed E-state index contributed by atoms with van der Waals surface area (Å²) in [7, 11) is -3.62. The van der Waals surface area contributed by atoms with Crippen molar-refractivity contribution in [3.63, 3.8) is 0 Å². The van der Waals surface area contributed by atoms with E-state index in [2.05, 4.69) is 0 Å². The predicted molar refractivity (Wildman–Crippen MR) is 55.5 cm³/mol. The van der Waals surface area contributed by atoms with Crippen LogP contribution in [0.15, 0.2) is 23.1 Å². The summed E-state index contributed by atoms with van der Waals surface area (Å²) in [6, 6.07) is 4.42. The van der Waals surface area contributed by atoms with Crippen LogP contribution in [-0.2, 0) is 10.0 Å². The van der Waals surface area contributed by atoms with E-state index in [1.165, 1.54) is 12.1 Å². The molecule has 6 heteroatoms. The maximum Gasteiger partial charge on any atom is 0.239 e. The molecule has 2 N–H and O–H groups in total. The average molecular weight is 318 g/mol. The molecule has 0 aromatic heterocycles. The van der Waals surface area contributed by atoms with Crippen molar-refractivity contribution >= 4 is 44.2 Å². The highest BCUT2D eigenvalue weighted by Gasteiger charge is 2.11. The molecule has 0 aliphatic carbocycles. The zero-order chi connectivity index (χ0) is 9.35. The Bertz CT molecular complexity index is 404. The number of nitrogens with two attached hydrogens (primary N) is 1. The van der Waals surface area contributed by atoms with Crippen molar-refractivity contribution in [2.24, 2.45) is 5.14 Å². The summed E-state index contributed by atoms with van der Waals surface area (Å²) >= 11 is 7.49. The molecule has 66 valence electrons. The van der Waals surface area contributed by atoms with E-state index in [-0.39, 0.29) is 4.90 Å². The maximum atomic E-state index is 10.9. The van der Waals surface area contributed by atoms with Gasteiger partial charge in [0.1, 0.15) is 0 Å². The monoisotopic (exact) mass is 317 g/mol. The van der Waals surface area contributed by atoms with Crippen LogP contribution in [-0.4, -0.2) is 8.42 Å². The molecule has 0 amide bonds. The standard InChI is InChI=1S/C6H5ClINO2S/c7-4-1-2-6(5(8)3-4)12(9,10)11/h1-3H,(H2,9,10,11). The third-order valence-corrected chi connectivity index (χ3v) is 3.66. The first-order chi connectivity index (χ1) is 5.41. The lowest BCUT2D eigenvalue weighted by molar-refractivity contribution is 0.597. The van der Waals surface area contributed by atoms with Crippen molar-refractivity contribution in [3.8, 4) is 0 Å². The summed E-state index contributed by atoms with van der Waals surface area (Å²) in [5, 5.41) is 5.42. The molecule has 0 bridgehead atoms. The highest BCUT2D eigenvalue weighted by molar-refractivity contribution is 14.1. The van der Waals surface area contributed by atoms with Crippen LogP contribution < -0.4 is 5.14 Å². The lowest BCUT2D eigenvalue weighted by atomic mass is 10.4. The van der Waals surface area contributed by atoms with E-state index in [1.807, 2.05) is 22.6 Å². The molecule has 0 saturated heterocycles. The summed E-state index contributed by atoms with van der Waals surface area (Å²) in [6.07, 6.45) is 0. The lowest BCUT2D eigenvalue weighted by Gasteiger charge is -2.00. The van der Waals surface area contributed by atoms with E-state index in [0.717, 1.165) is 0 Å². The first-order valence-electron chi connectivity index (χ1n) is 2.89. The quantitative estimate of drug-likeness (QED) is 0.800. The molecule has 0 spiro atoms. The van der Waals surface area contributed by atoms with Gasteiger partial charge in [-0.15, -0.1) is 0 Å². The molecule has 0 atom stereocenters. The maximum absolute atomic E-state index is 10.9. The van der Waals surface area contributed by atoms with Crippen molar-refractivity contribution in [1.82, 2.24) is 0 Å². The highest BCUT2D eigenvalue weighted by Crippen LogP contribution is 2.20. The number of sulfonamides is 1. The zero-order valence-corrected chi connectivity index (χ0v) is 9.52. The van der Waals surface area contributed by atoms with Crippen LogP contribution in [0.5, 0.6) is 0 Å². The van der Waals surface area contributed by atoms with Gasteiger partial charge in [0.25, 0.3) is 0 Å². The smallest absolute Gasteiger partial charge is 0.225 e. The summed E-state index contributed by atoms with van der Waals surface area (Å²) in [5.74, 6) is 0. The molecular formula is C6H5ClINO2S. The Morgan fingerprint density at radius 1 is 1.42 bits per heavy atom. The second kappa shape index (κ2) is 3.49. The van der Waals surface area contributed by atoms with Crippen LogP contribution in [0, 0.1) is 3.57 Å². The summed E-state index contributed by atoms with van der Waals surface area (Å²) in [5.41, 5.74) is 0. The summed E-state index contributed by atoms with van der Waals surface area (Å²) in [6.45, 7) is 0. The number of hydrogen-bond donors (Lipinski definition) is 1. The van der Waals surface area contributed by atoms with E-state index >= 15 is 0 Å². The Hall–Kier alpha value is 0.150. The Balaban J connectivity index is 3.39. The summed E-state index contributed by atoms with van der Waals surface area (Å²) in [4.78, 5) is 0.104. The fraction of sp³-hybridized carbons (Fsp3) is 0. The minimum atomic E-state index is -3.62. The minimum absolute atomic E-state index is 0.104. The van der Waals surface area contributed by atoms with Crippen molar-refractivity contribution in [1.29, 1.82) is 0 Å². The van der Waals surface area contributed by atoms with E-state index in [1.54, 1.807) is 6.07 Å². The summed E-state index contributed by atoms with van der Waals surface area (Å²) < 4.78 is 22.3. The molecule has 0 unspecified atom stereocenters. The highest BCUT2D eigenvalue weighted by atomic mass is 127. The van der Waals surface area contributed by atoms with Gasteiger partial charge in [-0.1, -0.05) is 11.6 Å². The van der Waals surface area contributed by atoms with Crippen LogP contribution in [0.1, 0.15) is 0 Å². The van der Waals surface area contributed by atoms with Gasteiger partial charge in [0, 0.05) is 8.59 Å². The van der Waals surface area contributed by atoms with Gasteiger partial charge in [0.15, 0.2) is 0 Å². The van der Waals surface area contributed by atoms with E-state index in [9.17, 15) is 8.42 Å². The Morgan fingerprint density at radius 2 is 2.00 bits per heavy atom. The predicted octanol–water partition coefficient (Wildman–Crippen LogP) is 1.59. The van der Waals surface area contributed by atoms with Gasteiger partial charge in [-0.3, -0.25) is 0 Å². The first-order valence-corrected chi connectivity index (χ1v) is 5.89. The van der Waals surface area contributed by atoms with Gasteiger partial charge in [-0.25, -0.2) is 13.6 Å². The second-order valence-electron chi connectivity index (χ2n) is 2.12. The van der Waals surface area contributed by atoms with Gasteiger partial charge < -0.3 is 0 Å². The zero-order valence-electron chi connectivity index (χ0n) is 5.79. The molecule has 1 aromatic rings. The fourth-order valence-electron chi connectivity index (χ4n) is 0.706. The Morgan fingerprint density at radius 3 is 2.42 bits per heavy atom. The molecule has 0 aliphatic heterocycles. The van der Waals surface area contributed by atoms with Gasteiger partial charge in [-0.2, -0.15) is 0 Å². The van der Waals surface area contributed by atoms with Crippen molar-refractivity contribution in [3.05, 3.63) is 26.8 Å². The van der Waals surface area contributed by atoms with Crippen molar-refractivity contribution in [2.45, 2.75) is 4.90 Å². The number of benzene rings is 1. The number of primary sulfonamides is 1. The van der Waals surface area contributed by atoms with E-state index < -0.39 is 10.0 Å². The van der Waals surface area contributed by atoms with Crippen LogP contribution in [0.2, 0.25) is 5.02 Å². The first kappa shape index (κ1) is 10.2. The van der Waals surface area contributed by atoms with E-state index in [4.69, 9.17) is 16.7 Å². The van der Waals surface area contributed by atoms with Gasteiger partial charge in [-0.05, 0) is 40.8 Å². The van der Waals surface area contributed by atoms with Crippen molar-refractivity contribution in [2.75, 3.05) is 0 Å². The lowest BCUT2D eigenvalue weighted by Crippen LogP contribution is -2.13. The van der Waals surface area contributed by atoms with Crippen LogP contribution in [0.25, 0.3) is 0 Å². The average Bonchev–Trinajstić information content (AvgIpc) is 1.83. The molecule has 0 aliphatic rings. The third-order valence-electron chi connectivity index (χ3n) is 1.20. The van der Waals surface area contributed by atoms with Crippen LogP contribution >= 0.6 is 34.2 Å². The van der Waals surface area contributed by atoms with Gasteiger partial charge in [0.2, 0.25) is 10.0 Å². The Kier molecular flexibility index (Phi) is 2.97. The van der Waals surface area contributed by atoms with Gasteiger partial charge in [0.05, 0.1) is 4.90 Å². The minimum Gasteiger partial charge on any atom is -0.225 e. The van der Waals surface area contributed by atoms with Crippen LogP contribution in [0.3, 0.4) is 0 Å². The second-order valence-corrected chi connectivity index (χ2v) is 5.25. The molecule has 0 fully saturated rings. The molecule has 0 heterocycles. The molecule has 0 saturated carbocycles. The van der Waals surface area contributed by atoms with Crippen LogP contribution in [0.4, 0.5) is 0 Å². The molecule has 0 radical (unpaired) electrons. The molecular weight excluding hydrogens is 312 g/mol. The normalized spacial score (nSPS) is 11.6. The van der Waals surface area contributed by atoms with Gasteiger partial charge >= 0.3 is 0 Å². The molecule has 3 nitrogen and oxygen atoms in total. The molecule has 1 rings (SSSR count). The topological polar surface area (TPSA) is 60.2 Å². The molecule has 12 heavy (non-hydrogen) atoms. The SMILES string of the molecule is NS(=O)(=O)c1ccc(Cl)cc1I. The largest absolute Gasteiger partial charge is 0.239 e. The van der Waals surface area contributed by atoms with Crippen molar-refractivity contribution < 1.29 is 8.42 Å². The Labute approximate surface area is 89.1 Å². The number of halogens is 2. The molecule has 1 aromatic carbocycles.